The average molecular weight is 287 g/mol. The molecule has 0 radical (unpaired) electrons. The zero-order valence-corrected chi connectivity index (χ0v) is 12.0. The molecule has 102 valence electrons. The van der Waals surface area contributed by atoms with Crippen LogP contribution in [0.1, 0.15) is 33.6 Å². The van der Waals surface area contributed by atoms with Gasteiger partial charge in [-0.15, -0.1) is 0 Å². The number of carbonyl (C=O) groups excluding carboxylic acids is 1. The van der Waals surface area contributed by atoms with Gasteiger partial charge in [0.2, 0.25) is 0 Å². The average Bonchev–Trinajstić information content (AvgIpc) is 2.85. The minimum absolute atomic E-state index is 0.222. The van der Waals surface area contributed by atoms with Gasteiger partial charge < -0.3 is 5.32 Å². The van der Waals surface area contributed by atoms with E-state index in [0.717, 1.165) is 24.2 Å². The monoisotopic (exact) mass is 286 g/mol. The first kappa shape index (κ1) is 13.1. The van der Waals surface area contributed by atoms with Crippen molar-refractivity contribution in [3.05, 3.63) is 57.9 Å². The zero-order valence-electron chi connectivity index (χ0n) is 11.2. The molecule has 4 heteroatoms. The molecule has 20 heavy (non-hydrogen) atoms. The maximum atomic E-state index is 12.2. The molecule has 0 saturated carbocycles. The van der Waals surface area contributed by atoms with Crippen molar-refractivity contribution in [1.82, 2.24) is 4.98 Å². The number of pyridine rings is 1. The Bertz CT molecular complexity index is 682. The highest BCUT2D eigenvalue weighted by Gasteiger charge is 2.14. The number of carbonyl (C=O) groups is 1. The molecular formula is C16H15ClN2O. The zero-order chi connectivity index (χ0) is 14.1. The van der Waals surface area contributed by atoms with E-state index in [1.165, 1.54) is 23.7 Å². The lowest BCUT2D eigenvalue weighted by atomic mass is 10.1. The van der Waals surface area contributed by atoms with E-state index < -0.39 is 0 Å². The van der Waals surface area contributed by atoms with Gasteiger partial charge in [0, 0.05) is 17.6 Å². The molecule has 1 heterocycles. The number of rotatable bonds is 2. The predicted molar refractivity (Wildman–Crippen MR) is 80.4 cm³/mol. The molecule has 3 nitrogen and oxygen atoms in total. The molecule has 1 aliphatic rings. The van der Waals surface area contributed by atoms with Gasteiger partial charge in [0.15, 0.2) is 0 Å². The molecule has 1 aliphatic carbocycles. The number of hydrogen-bond donors (Lipinski definition) is 1. The summed E-state index contributed by atoms with van der Waals surface area (Å²) in [5.74, 6) is -0.222. The second-order valence-corrected chi connectivity index (χ2v) is 5.50. The molecular weight excluding hydrogens is 272 g/mol. The Morgan fingerprint density at radius 1 is 1.25 bits per heavy atom. The van der Waals surface area contributed by atoms with Gasteiger partial charge in [0.1, 0.15) is 0 Å². The van der Waals surface area contributed by atoms with Gasteiger partial charge in [0.05, 0.1) is 10.6 Å². The predicted octanol–water partition coefficient (Wildman–Crippen LogP) is 3.78. The van der Waals surface area contributed by atoms with E-state index in [9.17, 15) is 4.79 Å². The first-order valence-corrected chi connectivity index (χ1v) is 7.06. The maximum Gasteiger partial charge on any atom is 0.258 e. The SMILES string of the molecule is Cc1cc(Cl)c(C(=O)Nc2ccc3c(c2)CCC3)cn1. The minimum Gasteiger partial charge on any atom is -0.322 e. The van der Waals surface area contributed by atoms with E-state index in [2.05, 4.69) is 22.4 Å². The van der Waals surface area contributed by atoms with Crippen LogP contribution in [0.2, 0.25) is 5.02 Å². The number of halogens is 1. The molecule has 0 unspecified atom stereocenters. The number of nitrogens with one attached hydrogen (secondary N) is 1. The van der Waals surface area contributed by atoms with E-state index in [1.807, 2.05) is 13.0 Å². The molecule has 2 aromatic rings. The normalized spacial score (nSPS) is 13.1. The summed E-state index contributed by atoms with van der Waals surface area (Å²) in [5.41, 5.74) is 4.73. The molecule has 0 aliphatic heterocycles. The van der Waals surface area contributed by atoms with Crippen LogP contribution in [0.5, 0.6) is 0 Å². The van der Waals surface area contributed by atoms with Gasteiger partial charge in [-0.3, -0.25) is 9.78 Å². The van der Waals surface area contributed by atoms with Crippen LogP contribution in [0.4, 0.5) is 5.69 Å². The summed E-state index contributed by atoms with van der Waals surface area (Å²) in [4.78, 5) is 16.3. The molecule has 1 aromatic heterocycles. The number of aryl methyl sites for hydroxylation is 3. The lowest BCUT2D eigenvalue weighted by molar-refractivity contribution is 0.102. The number of nitrogens with zero attached hydrogens (tertiary/aromatic N) is 1. The topological polar surface area (TPSA) is 42.0 Å². The Hall–Kier alpha value is -1.87. The van der Waals surface area contributed by atoms with Gasteiger partial charge in [-0.05, 0) is 55.5 Å². The Morgan fingerprint density at radius 2 is 2.05 bits per heavy atom. The standard InChI is InChI=1S/C16H15ClN2O/c1-10-7-15(17)14(9-18-10)16(20)19-13-6-5-11-3-2-4-12(11)8-13/h5-9H,2-4H2,1H3,(H,19,20). The van der Waals surface area contributed by atoms with Crippen molar-refractivity contribution in [2.24, 2.45) is 0 Å². The Labute approximate surface area is 123 Å². The number of anilines is 1. The number of aromatic nitrogens is 1. The maximum absolute atomic E-state index is 12.2. The number of fused-ring (bicyclic) bond motifs is 1. The molecule has 0 bridgehead atoms. The highest BCUT2D eigenvalue weighted by molar-refractivity contribution is 6.34. The molecule has 0 fully saturated rings. The van der Waals surface area contributed by atoms with E-state index >= 15 is 0 Å². The van der Waals surface area contributed by atoms with Crippen molar-refractivity contribution >= 4 is 23.2 Å². The summed E-state index contributed by atoms with van der Waals surface area (Å²) in [6.07, 6.45) is 4.93. The second-order valence-electron chi connectivity index (χ2n) is 5.10. The Kier molecular flexibility index (Phi) is 3.45. The van der Waals surface area contributed by atoms with E-state index in [-0.39, 0.29) is 5.91 Å². The van der Waals surface area contributed by atoms with Crippen molar-refractivity contribution < 1.29 is 4.79 Å². The third-order valence-corrected chi connectivity index (χ3v) is 3.90. The Balaban J connectivity index is 1.82. The highest BCUT2D eigenvalue weighted by Crippen LogP contribution is 2.25. The van der Waals surface area contributed by atoms with Crippen LogP contribution < -0.4 is 5.32 Å². The van der Waals surface area contributed by atoms with Crippen molar-refractivity contribution in [3.8, 4) is 0 Å². The summed E-state index contributed by atoms with van der Waals surface area (Å²) >= 11 is 6.08. The van der Waals surface area contributed by atoms with Gasteiger partial charge in [-0.2, -0.15) is 0 Å². The fourth-order valence-corrected chi connectivity index (χ4v) is 2.83. The van der Waals surface area contributed by atoms with Gasteiger partial charge in [-0.25, -0.2) is 0 Å². The number of hydrogen-bond acceptors (Lipinski definition) is 2. The first-order valence-electron chi connectivity index (χ1n) is 6.69. The van der Waals surface area contributed by atoms with Crippen LogP contribution >= 0.6 is 11.6 Å². The fraction of sp³-hybridized carbons (Fsp3) is 0.250. The molecule has 3 rings (SSSR count). The second kappa shape index (κ2) is 5.25. The largest absolute Gasteiger partial charge is 0.322 e. The molecule has 1 amide bonds. The van der Waals surface area contributed by atoms with Crippen molar-refractivity contribution in [3.63, 3.8) is 0 Å². The van der Waals surface area contributed by atoms with Crippen LogP contribution in [-0.2, 0) is 12.8 Å². The third kappa shape index (κ3) is 2.54. The molecule has 1 aromatic carbocycles. The van der Waals surface area contributed by atoms with Gasteiger partial charge in [-0.1, -0.05) is 17.7 Å². The lowest BCUT2D eigenvalue weighted by Gasteiger charge is -2.08. The van der Waals surface area contributed by atoms with E-state index in [0.29, 0.717) is 10.6 Å². The van der Waals surface area contributed by atoms with Gasteiger partial charge >= 0.3 is 0 Å². The van der Waals surface area contributed by atoms with Gasteiger partial charge in [0.25, 0.3) is 5.91 Å². The quantitative estimate of drug-likeness (QED) is 0.913. The highest BCUT2D eigenvalue weighted by atomic mass is 35.5. The van der Waals surface area contributed by atoms with Crippen LogP contribution in [0.25, 0.3) is 0 Å². The lowest BCUT2D eigenvalue weighted by Crippen LogP contribution is -2.13. The molecule has 0 atom stereocenters. The summed E-state index contributed by atoms with van der Waals surface area (Å²) in [6, 6.07) is 7.78. The number of amides is 1. The number of benzene rings is 1. The van der Waals surface area contributed by atoms with Crippen molar-refractivity contribution in [1.29, 1.82) is 0 Å². The van der Waals surface area contributed by atoms with Crippen molar-refractivity contribution in [2.45, 2.75) is 26.2 Å². The van der Waals surface area contributed by atoms with Crippen LogP contribution in [0.15, 0.2) is 30.5 Å². The summed E-state index contributed by atoms with van der Waals surface area (Å²) in [7, 11) is 0. The molecule has 0 spiro atoms. The van der Waals surface area contributed by atoms with Crippen LogP contribution in [-0.4, -0.2) is 10.9 Å². The van der Waals surface area contributed by atoms with E-state index in [1.54, 1.807) is 6.07 Å². The summed E-state index contributed by atoms with van der Waals surface area (Å²) in [6.45, 7) is 1.84. The fourth-order valence-electron chi connectivity index (χ4n) is 2.54. The molecule has 0 saturated heterocycles. The minimum atomic E-state index is -0.222. The first-order chi connectivity index (χ1) is 9.63. The third-order valence-electron chi connectivity index (χ3n) is 3.59. The Morgan fingerprint density at radius 3 is 2.85 bits per heavy atom. The molecule has 1 N–H and O–H groups in total. The smallest absolute Gasteiger partial charge is 0.258 e. The van der Waals surface area contributed by atoms with Crippen molar-refractivity contribution in [2.75, 3.05) is 5.32 Å². The summed E-state index contributed by atoms with van der Waals surface area (Å²) < 4.78 is 0. The van der Waals surface area contributed by atoms with Crippen LogP contribution in [0, 0.1) is 6.92 Å². The van der Waals surface area contributed by atoms with Crippen LogP contribution in [0.3, 0.4) is 0 Å². The van der Waals surface area contributed by atoms with E-state index in [4.69, 9.17) is 11.6 Å². The summed E-state index contributed by atoms with van der Waals surface area (Å²) in [5, 5.41) is 3.31.